The summed E-state index contributed by atoms with van der Waals surface area (Å²) in [5.41, 5.74) is 1.85. The second kappa shape index (κ2) is 10.3. The Morgan fingerprint density at radius 1 is 1.02 bits per heavy atom. The van der Waals surface area contributed by atoms with Crippen LogP contribution in [0.15, 0.2) is 58.4 Å². The lowest BCUT2D eigenvalue weighted by molar-refractivity contribution is -0.384. The fraction of sp³-hybridized carbons (Fsp3) is 0.357. The summed E-state index contributed by atoms with van der Waals surface area (Å²) < 4.78 is 6.38. The average Bonchev–Trinajstić information content (AvgIpc) is 3.34. The van der Waals surface area contributed by atoms with Gasteiger partial charge in [-0.15, -0.1) is 0 Å². The number of thiazole rings is 1. The van der Waals surface area contributed by atoms with E-state index in [-0.39, 0.29) is 34.8 Å². The highest BCUT2D eigenvalue weighted by molar-refractivity contribution is 8.00. The quantitative estimate of drug-likeness (QED) is 0.180. The molecule has 3 aromatic rings. The summed E-state index contributed by atoms with van der Waals surface area (Å²) in [4.78, 5) is 65.0. The van der Waals surface area contributed by atoms with Gasteiger partial charge < -0.3 is 4.74 Å². The van der Waals surface area contributed by atoms with Gasteiger partial charge in [-0.3, -0.25) is 33.9 Å². The normalized spacial score (nSPS) is 20.3. The monoisotopic (exact) mass is 581 g/mol. The third-order valence-corrected chi connectivity index (χ3v) is 9.70. The molecule has 10 nitrogen and oxygen atoms in total. The number of fused-ring (bicyclic) bond motifs is 2. The van der Waals surface area contributed by atoms with Crippen molar-refractivity contribution in [2.75, 3.05) is 11.5 Å². The predicted octanol–water partition coefficient (Wildman–Crippen LogP) is 4.47. The topological polar surface area (TPSA) is 129 Å². The average molecular weight is 582 g/mol. The molecule has 1 aromatic heterocycles. The minimum Gasteiger partial charge on any atom is -0.465 e. The van der Waals surface area contributed by atoms with Gasteiger partial charge >= 0.3 is 10.8 Å². The molecule has 0 saturated carbocycles. The van der Waals surface area contributed by atoms with E-state index in [0.717, 1.165) is 39.1 Å². The zero-order valence-electron chi connectivity index (χ0n) is 22.3. The van der Waals surface area contributed by atoms with Crippen LogP contribution in [0.3, 0.4) is 0 Å². The fourth-order valence-electron chi connectivity index (χ4n) is 5.12. The van der Waals surface area contributed by atoms with Crippen LogP contribution in [0.5, 0.6) is 0 Å². The Hall–Kier alpha value is -3.77. The van der Waals surface area contributed by atoms with Gasteiger partial charge in [0, 0.05) is 22.9 Å². The molecule has 3 atom stereocenters. The number of aromatic nitrogens is 1. The number of thioether (sulfide) groups is 1. The van der Waals surface area contributed by atoms with E-state index < -0.39 is 39.8 Å². The highest BCUT2D eigenvalue weighted by Crippen LogP contribution is 2.54. The molecule has 0 N–H and O–H groups in total. The molecule has 2 aliphatic rings. The third-order valence-electron chi connectivity index (χ3n) is 7.10. The van der Waals surface area contributed by atoms with Gasteiger partial charge in [0.2, 0.25) is 11.8 Å². The lowest BCUT2D eigenvalue weighted by Crippen LogP contribution is -2.32. The Morgan fingerprint density at radius 2 is 1.68 bits per heavy atom. The molecular formula is C28H27N3O7S2. The summed E-state index contributed by atoms with van der Waals surface area (Å²) in [7, 11) is 0. The molecule has 0 spiro atoms. The Bertz CT molecular complexity index is 1570. The molecule has 2 aromatic carbocycles. The molecule has 2 amide bonds. The minimum absolute atomic E-state index is 0.103. The number of anilines is 1. The van der Waals surface area contributed by atoms with Crippen LogP contribution in [-0.4, -0.2) is 39.1 Å². The van der Waals surface area contributed by atoms with Crippen molar-refractivity contribution in [1.82, 2.24) is 4.57 Å². The molecule has 0 radical (unpaired) electrons. The number of non-ortho nitro benzene ring substituents is 1. The van der Waals surface area contributed by atoms with Gasteiger partial charge in [-0.1, -0.05) is 68.1 Å². The van der Waals surface area contributed by atoms with E-state index in [4.69, 9.17) is 4.74 Å². The number of benzene rings is 2. The van der Waals surface area contributed by atoms with Gasteiger partial charge in [0.1, 0.15) is 11.8 Å². The van der Waals surface area contributed by atoms with Crippen LogP contribution < -0.4 is 9.77 Å². The summed E-state index contributed by atoms with van der Waals surface area (Å²) in [5, 5.41) is 10.7. The van der Waals surface area contributed by atoms with E-state index in [1.54, 1.807) is 6.92 Å². The van der Waals surface area contributed by atoms with Gasteiger partial charge in [-0.25, -0.2) is 4.90 Å². The number of ether oxygens (including phenoxy) is 1. The van der Waals surface area contributed by atoms with E-state index in [0.29, 0.717) is 9.90 Å². The number of carbonyl (C=O) groups excluding carboxylic acids is 3. The number of nitrogens with zero attached hydrogens (tertiary/aromatic N) is 3. The molecule has 1 saturated heterocycles. The Morgan fingerprint density at radius 3 is 2.25 bits per heavy atom. The standard InChI is InChI=1S/C28H27N3O7S2/c1-5-38-19(32)14-29-26-23(40-27(29)35)20(15-6-8-16(9-7-15)28(2,3)4)21-22(39-26)25(34)30(24(21)33)17-10-12-18(13-11-17)31(36)37/h6-13,20-22H,5,14H2,1-4H3. The first-order chi connectivity index (χ1) is 18.9. The van der Waals surface area contributed by atoms with Crippen LogP contribution >= 0.6 is 23.1 Å². The van der Waals surface area contributed by atoms with Crippen molar-refractivity contribution < 1.29 is 24.0 Å². The number of imide groups is 1. The van der Waals surface area contributed by atoms with Crippen molar-refractivity contribution in [3.63, 3.8) is 0 Å². The van der Waals surface area contributed by atoms with Gasteiger partial charge in [0.05, 0.1) is 28.2 Å². The Balaban J connectivity index is 1.62. The zero-order valence-corrected chi connectivity index (χ0v) is 23.9. The fourth-order valence-corrected chi connectivity index (χ4v) is 7.89. The predicted molar refractivity (Wildman–Crippen MR) is 151 cm³/mol. The van der Waals surface area contributed by atoms with Gasteiger partial charge in [-0.2, -0.15) is 0 Å². The second-order valence-electron chi connectivity index (χ2n) is 10.6. The Kier molecular flexibility index (Phi) is 7.17. The maximum atomic E-state index is 13.9. The number of nitro groups is 1. The Labute approximate surface area is 238 Å². The number of amides is 2. The van der Waals surface area contributed by atoms with Crippen LogP contribution in [0.25, 0.3) is 0 Å². The summed E-state index contributed by atoms with van der Waals surface area (Å²) in [6, 6.07) is 13.1. The molecule has 0 bridgehead atoms. The molecule has 1 fully saturated rings. The number of esters is 1. The maximum absolute atomic E-state index is 13.9. The molecule has 208 valence electrons. The highest BCUT2D eigenvalue weighted by atomic mass is 32.2. The highest BCUT2D eigenvalue weighted by Gasteiger charge is 2.56. The first kappa shape index (κ1) is 27.8. The van der Waals surface area contributed by atoms with E-state index in [1.165, 1.54) is 28.8 Å². The molecule has 2 aliphatic heterocycles. The largest absolute Gasteiger partial charge is 0.465 e. The lowest BCUT2D eigenvalue weighted by atomic mass is 9.81. The van der Waals surface area contributed by atoms with Gasteiger partial charge in [-0.05, 0) is 35.6 Å². The third kappa shape index (κ3) is 4.75. The van der Waals surface area contributed by atoms with Crippen molar-refractivity contribution in [3.05, 3.63) is 84.3 Å². The van der Waals surface area contributed by atoms with Crippen LogP contribution in [0, 0.1) is 16.0 Å². The SMILES string of the molecule is CCOC(=O)Cn1c2c(sc1=O)C(c1ccc(C(C)(C)C)cc1)C1C(=O)N(c3ccc([N+](=O)[O-])cc3)C(=O)C1S2. The van der Waals surface area contributed by atoms with E-state index >= 15 is 0 Å². The maximum Gasteiger partial charge on any atom is 0.326 e. The van der Waals surface area contributed by atoms with Gasteiger partial charge in [0.15, 0.2) is 0 Å². The lowest BCUT2D eigenvalue weighted by Gasteiger charge is -2.31. The number of hydrogen-bond donors (Lipinski definition) is 0. The van der Waals surface area contributed by atoms with Gasteiger partial charge in [0.25, 0.3) is 5.69 Å². The molecule has 3 heterocycles. The first-order valence-corrected chi connectivity index (χ1v) is 14.4. The minimum atomic E-state index is -0.857. The molecule has 0 aliphatic carbocycles. The summed E-state index contributed by atoms with van der Waals surface area (Å²) >= 11 is 2.07. The molecular weight excluding hydrogens is 554 g/mol. The van der Waals surface area contributed by atoms with Crippen LogP contribution in [-0.2, 0) is 31.1 Å². The van der Waals surface area contributed by atoms with Crippen molar-refractivity contribution in [2.24, 2.45) is 5.92 Å². The molecule has 40 heavy (non-hydrogen) atoms. The number of nitro benzene ring substituents is 1. The van der Waals surface area contributed by atoms with E-state index in [2.05, 4.69) is 20.8 Å². The van der Waals surface area contributed by atoms with Crippen molar-refractivity contribution in [3.8, 4) is 0 Å². The zero-order chi connectivity index (χ0) is 28.9. The second-order valence-corrected chi connectivity index (χ2v) is 12.8. The van der Waals surface area contributed by atoms with Crippen molar-refractivity contribution in [2.45, 2.75) is 55.8 Å². The van der Waals surface area contributed by atoms with Crippen molar-refractivity contribution >= 4 is 52.3 Å². The van der Waals surface area contributed by atoms with Crippen molar-refractivity contribution in [1.29, 1.82) is 0 Å². The summed E-state index contributed by atoms with van der Waals surface area (Å²) in [6.07, 6.45) is 0. The summed E-state index contributed by atoms with van der Waals surface area (Å²) in [5.74, 6) is -2.90. The first-order valence-electron chi connectivity index (χ1n) is 12.7. The van der Waals surface area contributed by atoms with E-state index in [9.17, 15) is 29.3 Å². The number of rotatable bonds is 6. The molecule has 5 rings (SSSR count). The number of hydrogen-bond acceptors (Lipinski definition) is 9. The molecule has 3 unspecified atom stereocenters. The van der Waals surface area contributed by atoms with Crippen LogP contribution in [0.4, 0.5) is 11.4 Å². The summed E-state index contributed by atoms with van der Waals surface area (Å²) in [6.45, 7) is 7.82. The van der Waals surface area contributed by atoms with E-state index in [1.807, 2.05) is 24.3 Å². The smallest absolute Gasteiger partial charge is 0.326 e. The molecule has 12 heteroatoms. The van der Waals surface area contributed by atoms with Crippen LogP contribution in [0.2, 0.25) is 0 Å². The van der Waals surface area contributed by atoms with Crippen LogP contribution in [0.1, 0.15) is 49.6 Å². The number of carbonyl (C=O) groups is 3.